The molecule has 0 saturated carbocycles. The highest BCUT2D eigenvalue weighted by Crippen LogP contribution is 2.30. The van der Waals surface area contributed by atoms with E-state index in [0.29, 0.717) is 12.3 Å². The number of aliphatic carboxylic acids is 1. The summed E-state index contributed by atoms with van der Waals surface area (Å²) in [6, 6.07) is 10.2. The van der Waals surface area contributed by atoms with Crippen molar-refractivity contribution in [1.82, 2.24) is 14.8 Å². The van der Waals surface area contributed by atoms with Gasteiger partial charge in [0.2, 0.25) is 5.89 Å². The van der Waals surface area contributed by atoms with E-state index < -0.39 is 5.97 Å². The average molecular weight is 413 g/mol. The molecule has 2 aromatic heterocycles. The van der Waals surface area contributed by atoms with Gasteiger partial charge in [0.25, 0.3) is 5.22 Å². The zero-order valence-corrected chi connectivity index (χ0v) is 17.9. The predicted molar refractivity (Wildman–Crippen MR) is 115 cm³/mol. The lowest BCUT2D eigenvalue weighted by Gasteiger charge is -2.14. The molecule has 0 saturated heterocycles. The fourth-order valence-corrected chi connectivity index (χ4v) is 3.70. The molecule has 0 atom stereocenters. The van der Waals surface area contributed by atoms with Gasteiger partial charge >= 0.3 is 5.97 Å². The Bertz CT molecular complexity index is 1050. The van der Waals surface area contributed by atoms with Crippen LogP contribution in [-0.2, 0) is 11.2 Å². The quantitative estimate of drug-likeness (QED) is 0.457. The summed E-state index contributed by atoms with van der Waals surface area (Å²) in [5.41, 5.74) is 4.96. The molecule has 0 bridgehead atoms. The second-order valence-corrected chi connectivity index (χ2v) is 7.80. The monoisotopic (exact) mass is 412 g/mol. The van der Waals surface area contributed by atoms with Crippen LogP contribution in [0.1, 0.15) is 29.8 Å². The van der Waals surface area contributed by atoms with Crippen LogP contribution in [-0.4, -0.2) is 39.9 Å². The van der Waals surface area contributed by atoms with Crippen molar-refractivity contribution in [3.8, 4) is 5.69 Å². The minimum absolute atomic E-state index is 0.125. The summed E-state index contributed by atoms with van der Waals surface area (Å²) in [6.07, 6.45) is 2.25. The van der Waals surface area contributed by atoms with Crippen LogP contribution in [0.15, 0.2) is 44.9 Å². The molecule has 0 spiro atoms. The molecule has 3 aromatic rings. The summed E-state index contributed by atoms with van der Waals surface area (Å²) in [6.45, 7) is 5.88. The Morgan fingerprint density at radius 1 is 1.24 bits per heavy atom. The molecule has 29 heavy (non-hydrogen) atoms. The van der Waals surface area contributed by atoms with Gasteiger partial charge in [0, 0.05) is 43.3 Å². The predicted octanol–water partition coefficient (Wildman–Crippen LogP) is 4.32. The van der Waals surface area contributed by atoms with Gasteiger partial charge in [0.05, 0.1) is 0 Å². The van der Waals surface area contributed by atoms with Crippen molar-refractivity contribution >= 4 is 29.5 Å². The first-order valence-corrected chi connectivity index (χ1v) is 10.0. The highest BCUT2D eigenvalue weighted by molar-refractivity contribution is 8.03. The maximum Gasteiger partial charge on any atom is 0.342 e. The number of hydrogen-bond acceptors (Lipinski definition) is 6. The zero-order valence-electron chi connectivity index (χ0n) is 17.1. The van der Waals surface area contributed by atoms with E-state index in [2.05, 4.69) is 39.0 Å². The molecule has 7 nitrogen and oxygen atoms in total. The fourth-order valence-electron chi connectivity index (χ4n) is 3.02. The highest BCUT2D eigenvalue weighted by Gasteiger charge is 2.17. The van der Waals surface area contributed by atoms with Crippen LogP contribution in [0.3, 0.4) is 0 Å². The molecule has 0 aliphatic rings. The van der Waals surface area contributed by atoms with Gasteiger partial charge in [-0.25, -0.2) is 4.79 Å². The Morgan fingerprint density at radius 3 is 2.48 bits per heavy atom. The Kier molecular flexibility index (Phi) is 6.12. The number of aromatic nitrogens is 3. The van der Waals surface area contributed by atoms with Crippen molar-refractivity contribution < 1.29 is 14.3 Å². The summed E-state index contributed by atoms with van der Waals surface area (Å²) >= 11 is 0.959. The highest BCUT2D eigenvalue weighted by atomic mass is 32.2. The number of carbonyl (C=O) groups is 1. The molecule has 0 aliphatic heterocycles. The number of carboxylic acids is 1. The van der Waals surface area contributed by atoms with Crippen molar-refractivity contribution in [3.63, 3.8) is 0 Å². The maximum absolute atomic E-state index is 11.8. The van der Waals surface area contributed by atoms with Crippen molar-refractivity contribution in [2.24, 2.45) is 0 Å². The lowest BCUT2D eigenvalue weighted by atomic mass is 10.2. The van der Waals surface area contributed by atoms with Crippen molar-refractivity contribution in [2.45, 2.75) is 32.4 Å². The second-order valence-electron chi connectivity index (χ2n) is 6.80. The standard InChI is InChI=1S/C21H24N4O3S/c1-6-19-22-23-21(28-19)29-18(20(26)27)12-15-11-13(2)25(14(15)3)17-9-7-16(8-10-17)24(4)5/h7-12H,6H2,1-5H3,(H,26,27)/b18-12+. The van der Waals surface area contributed by atoms with Crippen LogP contribution in [0, 0.1) is 13.8 Å². The van der Waals surface area contributed by atoms with Gasteiger partial charge in [-0.3, -0.25) is 0 Å². The Morgan fingerprint density at radius 2 is 1.93 bits per heavy atom. The molecule has 0 radical (unpaired) electrons. The van der Waals surface area contributed by atoms with Gasteiger partial charge in [-0.15, -0.1) is 10.2 Å². The number of nitrogens with zero attached hydrogens (tertiary/aromatic N) is 4. The largest absolute Gasteiger partial charge is 0.477 e. The Balaban J connectivity index is 1.95. The van der Waals surface area contributed by atoms with Crippen molar-refractivity contribution in [1.29, 1.82) is 0 Å². The third-order valence-corrected chi connectivity index (χ3v) is 5.39. The molecule has 152 valence electrons. The van der Waals surface area contributed by atoms with Gasteiger partial charge in [0.15, 0.2) is 0 Å². The van der Waals surface area contributed by atoms with Crippen LogP contribution < -0.4 is 4.90 Å². The van der Waals surface area contributed by atoms with Gasteiger partial charge in [-0.2, -0.15) is 0 Å². The summed E-state index contributed by atoms with van der Waals surface area (Å²) in [5.74, 6) is -0.553. The molecule has 1 N–H and O–H groups in total. The van der Waals surface area contributed by atoms with Gasteiger partial charge in [-0.1, -0.05) is 6.92 Å². The molecular weight excluding hydrogens is 388 g/mol. The van der Waals surface area contributed by atoms with E-state index in [9.17, 15) is 9.90 Å². The van der Waals surface area contributed by atoms with Crippen LogP contribution in [0.5, 0.6) is 0 Å². The van der Waals surface area contributed by atoms with Crippen LogP contribution in [0.4, 0.5) is 5.69 Å². The molecular formula is C21H24N4O3S. The molecule has 0 aliphatic carbocycles. The lowest BCUT2D eigenvalue weighted by Crippen LogP contribution is -2.08. The number of anilines is 1. The Hall–Kier alpha value is -3.00. The summed E-state index contributed by atoms with van der Waals surface area (Å²) in [7, 11) is 4.00. The van der Waals surface area contributed by atoms with E-state index >= 15 is 0 Å². The topological polar surface area (TPSA) is 84.4 Å². The van der Waals surface area contributed by atoms with E-state index in [-0.39, 0.29) is 10.1 Å². The van der Waals surface area contributed by atoms with Crippen LogP contribution >= 0.6 is 11.8 Å². The fraction of sp³-hybridized carbons (Fsp3) is 0.286. The molecule has 1 aromatic carbocycles. The van der Waals surface area contributed by atoms with Gasteiger partial charge in [-0.05, 0) is 67.6 Å². The van der Waals surface area contributed by atoms with Crippen LogP contribution in [0.2, 0.25) is 0 Å². The van der Waals surface area contributed by atoms with Crippen molar-refractivity contribution in [2.75, 3.05) is 19.0 Å². The van der Waals surface area contributed by atoms with E-state index in [1.807, 2.05) is 45.8 Å². The first-order chi connectivity index (χ1) is 13.8. The number of carboxylic acid groups (broad SMARTS) is 1. The third-order valence-electron chi connectivity index (χ3n) is 4.54. The summed E-state index contributed by atoms with van der Waals surface area (Å²) < 4.78 is 7.55. The van der Waals surface area contributed by atoms with Gasteiger partial charge < -0.3 is 19.0 Å². The average Bonchev–Trinajstić information content (AvgIpc) is 3.25. The molecule has 0 fully saturated rings. The molecule has 2 heterocycles. The third kappa shape index (κ3) is 4.54. The Labute approximate surface area is 174 Å². The molecule has 8 heteroatoms. The second kappa shape index (κ2) is 8.57. The summed E-state index contributed by atoms with van der Waals surface area (Å²) in [5, 5.41) is 17.6. The van der Waals surface area contributed by atoms with E-state index in [1.165, 1.54) is 0 Å². The molecule has 0 amide bonds. The van der Waals surface area contributed by atoms with E-state index in [0.717, 1.165) is 40.1 Å². The maximum atomic E-state index is 11.8. The minimum Gasteiger partial charge on any atom is -0.477 e. The SMILES string of the molecule is CCc1nnc(S/C(=C/c2cc(C)n(-c3ccc(N(C)C)cc3)c2C)C(=O)O)o1. The first-order valence-electron chi connectivity index (χ1n) is 9.22. The molecule has 3 rings (SSSR count). The molecule has 0 unspecified atom stereocenters. The lowest BCUT2D eigenvalue weighted by molar-refractivity contribution is -0.131. The number of aryl methyl sites for hydroxylation is 2. The van der Waals surface area contributed by atoms with Gasteiger partial charge in [0.1, 0.15) is 4.91 Å². The van der Waals surface area contributed by atoms with E-state index in [4.69, 9.17) is 4.42 Å². The van der Waals surface area contributed by atoms with Crippen molar-refractivity contribution in [3.05, 3.63) is 58.1 Å². The van der Waals surface area contributed by atoms with E-state index in [1.54, 1.807) is 6.08 Å². The normalized spacial score (nSPS) is 11.7. The number of benzene rings is 1. The van der Waals surface area contributed by atoms with Crippen LogP contribution in [0.25, 0.3) is 11.8 Å². The number of rotatable bonds is 7. The number of thioether (sulfide) groups is 1. The smallest absolute Gasteiger partial charge is 0.342 e. The zero-order chi connectivity index (χ0) is 21.1. The first kappa shape index (κ1) is 20.7. The minimum atomic E-state index is -1.04. The number of hydrogen-bond donors (Lipinski definition) is 1. The summed E-state index contributed by atoms with van der Waals surface area (Å²) in [4.78, 5) is 13.9.